The van der Waals surface area contributed by atoms with Crippen LogP contribution < -0.4 is 0 Å². The van der Waals surface area contributed by atoms with Crippen LogP contribution in [0.3, 0.4) is 0 Å². The molecule has 0 aromatic rings. The maximum absolute atomic E-state index is 11.9. The number of cyclic esters (lactones) is 1. The number of fused-ring (bicyclic) bond motifs is 1. The van der Waals surface area contributed by atoms with Crippen LogP contribution in [0.25, 0.3) is 0 Å². The van der Waals surface area contributed by atoms with E-state index in [4.69, 9.17) is 4.74 Å². The van der Waals surface area contributed by atoms with Gasteiger partial charge in [0.2, 0.25) is 0 Å². The second kappa shape index (κ2) is 8.51. The number of allylic oxidation sites excluding steroid dienone is 4. The predicted molar refractivity (Wildman–Crippen MR) is 122 cm³/mol. The highest BCUT2D eigenvalue weighted by molar-refractivity contribution is 5.80. The zero-order chi connectivity index (χ0) is 22.4. The largest absolute Gasteiger partial charge is 0.460 e. The molecule has 3 saturated carbocycles. The summed E-state index contributed by atoms with van der Waals surface area (Å²) in [6.07, 6.45) is 14.0. The van der Waals surface area contributed by atoms with E-state index in [9.17, 15) is 15.0 Å². The van der Waals surface area contributed by atoms with Crippen molar-refractivity contribution >= 4 is 5.97 Å². The first kappa shape index (κ1) is 22.8. The third-order valence-electron chi connectivity index (χ3n) is 8.89. The van der Waals surface area contributed by atoms with Gasteiger partial charge in [0, 0.05) is 6.42 Å². The van der Waals surface area contributed by atoms with Crippen molar-refractivity contribution in [3.8, 4) is 0 Å². The molecule has 0 aromatic heterocycles. The van der Waals surface area contributed by atoms with Crippen molar-refractivity contribution in [3.63, 3.8) is 0 Å². The molecular weight excluding hydrogens is 388 g/mol. The van der Waals surface area contributed by atoms with E-state index in [-0.39, 0.29) is 17.6 Å². The van der Waals surface area contributed by atoms with E-state index in [1.54, 1.807) is 12.5 Å². The minimum absolute atomic E-state index is 0.160. The Morgan fingerprint density at radius 1 is 1.23 bits per heavy atom. The molecule has 0 unspecified atom stereocenters. The van der Waals surface area contributed by atoms with E-state index >= 15 is 0 Å². The van der Waals surface area contributed by atoms with Gasteiger partial charge < -0.3 is 14.9 Å². The van der Waals surface area contributed by atoms with E-state index in [0.717, 1.165) is 25.7 Å². The summed E-state index contributed by atoms with van der Waals surface area (Å²) in [5.41, 5.74) is 2.93. The number of carbonyl (C=O) groups excluding carboxylic acids is 1. The molecule has 4 nitrogen and oxygen atoms in total. The van der Waals surface area contributed by atoms with Gasteiger partial charge >= 0.3 is 5.97 Å². The summed E-state index contributed by atoms with van der Waals surface area (Å²) in [6, 6.07) is 0. The zero-order valence-corrected chi connectivity index (χ0v) is 19.5. The van der Waals surface area contributed by atoms with Crippen LogP contribution in [0.2, 0.25) is 0 Å². The molecule has 4 rings (SSSR count). The van der Waals surface area contributed by atoms with Gasteiger partial charge in [0.15, 0.2) is 5.60 Å². The summed E-state index contributed by atoms with van der Waals surface area (Å²) in [5, 5.41) is 20.2. The first-order chi connectivity index (χ1) is 14.6. The second-order valence-electron chi connectivity index (χ2n) is 11.2. The number of aliphatic hydroxyl groups is 2. The number of aliphatic hydroxyl groups excluding tert-OH is 1. The van der Waals surface area contributed by atoms with Crippen molar-refractivity contribution in [3.05, 3.63) is 35.5 Å². The summed E-state index contributed by atoms with van der Waals surface area (Å²) in [7, 11) is 0. The van der Waals surface area contributed by atoms with Crippen molar-refractivity contribution in [2.75, 3.05) is 0 Å². The maximum Gasteiger partial charge on any atom is 0.338 e. The molecule has 3 aliphatic carbocycles. The molecule has 172 valence electrons. The number of esters is 1. The molecule has 4 fully saturated rings. The van der Waals surface area contributed by atoms with Gasteiger partial charge in [-0.05, 0) is 93.5 Å². The van der Waals surface area contributed by atoms with E-state index in [1.807, 2.05) is 0 Å². The predicted octanol–water partition coefficient (Wildman–Crippen LogP) is 5.25. The van der Waals surface area contributed by atoms with Gasteiger partial charge in [-0.25, -0.2) is 4.79 Å². The average molecular weight is 429 g/mol. The molecule has 0 amide bonds. The molecule has 4 aliphatic rings. The Bertz CT molecular complexity index is 791. The summed E-state index contributed by atoms with van der Waals surface area (Å²) < 4.78 is 5.48. The van der Waals surface area contributed by atoms with Crippen molar-refractivity contribution in [2.45, 2.75) is 103 Å². The zero-order valence-electron chi connectivity index (χ0n) is 19.5. The minimum atomic E-state index is -1.32. The third-order valence-corrected chi connectivity index (χ3v) is 8.89. The Morgan fingerprint density at radius 2 is 2.00 bits per heavy atom. The Balaban J connectivity index is 1.46. The van der Waals surface area contributed by atoms with Gasteiger partial charge in [-0.1, -0.05) is 43.7 Å². The van der Waals surface area contributed by atoms with Crippen LogP contribution in [-0.4, -0.2) is 34.0 Å². The molecule has 0 bridgehead atoms. The normalized spacial score (nSPS) is 44.5. The van der Waals surface area contributed by atoms with Crippen molar-refractivity contribution in [2.24, 2.45) is 23.2 Å². The molecule has 2 N–H and O–H groups in total. The summed E-state index contributed by atoms with van der Waals surface area (Å²) >= 11 is 0. The van der Waals surface area contributed by atoms with Crippen molar-refractivity contribution < 1.29 is 19.7 Å². The molecule has 4 heteroatoms. The first-order valence-electron chi connectivity index (χ1n) is 12.3. The van der Waals surface area contributed by atoms with Crippen molar-refractivity contribution in [1.82, 2.24) is 0 Å². The van der Waals surface area contributed by atoms with E-state index in [2.05, 4.69) is 32.6 Å². The van der Waals surface area contributed by atoms with Crippen molar-refractivity contribution in [1.29, 1.82) is 0 Å². The van der Waals surface area contributed by atoms with Crippen LogP contribution in [-0.2, 0) is 9.53 Å². The highest BCUT2D eigenvalue weighted by Crippen LogP contribution is 2.60. The van der Waals surface area contributed by atoms with E-state index in [0.29, 0.717) is 24.2 Å². The van der Waals surface area contributed by atoms with Crippen LogP contribution in [0.1, 0.15) is 85.0 Å². The quantitative estimate of drug-likeness (QED) is 0.600. The lowest BCUT2D eigenvalue weighted by Gasteiger charge is -2.44. The maximum atomic E-state index is 11.9. The lowest BCUT2D eigenvalue weighted by molar-refractivity contribution is -0.154. The smallest absolute Gasteiger partial charge is 0.338 e. The van der Waals surface area contributed by atoms with Crippen LogP contribution in [0.15, 0.2) is 35.5 Å². The minimum Gasteiger partial charge on any atom is -0.460 e. The summed E-state index contributed by atoms with van der Waals surface area (Å²) in [5.74, 6) is 1.23. The van der Waals surface area contributed by atoms with Gasteiger partial charge in [-0.2, -0.15) is 0 Å². The average Bonchev–Trinajstić information content (AvgIpc) is 3.17. The van der Waals surface area contributed by atoms with Gasteiger partial charge in [0.05, 0.1) is 6.10 Å². The Labute approximate surface area is 187 Å². The summed E-state index contributed by atoms with van der Waals surface area (Å²) in [6.45, 7) is 10.6. The second-order valence-corrected chi connectivity index (χ2v) is 11.2. The molecule has 31 heavy (non-hydrogen) atoms. The molecule has 0 radical (unpaired) electrons. The number of carbonyl (C=O) groups is 1. The molecular formula is C27H40O4. The SMILES string of the molecule is C=C1CC[C@H](O)C/C1=C/C=C1\CCC[C@]2(C)[C@@H]([C@H](C)C[C@@H]3C[C@](C)(O)C(=O)O3)CC[C@@H]12. The Kier molecular flexibility index (Phi) is 6.26. The lowest BCUT2D eigenvalue weighted by atomic mass is 9.60. The van der Waals surface area contributed by atoms with Gasteiger partial charge in [-0.15, -0.1) is 0 Å². The Hall–Kier alpha value is -1.39. The number of rotatable bonds is 4. The molecule has 1 saturated heterocycles. The molecule has 1 heterocycles. The number of hydrogen-bond acceptors (Lipinski definition) is 4. The van der Waals surface area contributed by atoms with Crippen LogP contribution in [0.4, 0.5) is 0 Å². The highest BCUT2D eigenvalue weighted by atomic mass is 16.6. The monoisotopic (exact) mass is 428 g/mol. The summed E-state index contributed by atoms with van der Waals surface area (Å²) in [4.78, 5) is 11.9. The fraction of sp³-hybridized carbons (Fsp3) is 0.741. The third kappa shape index (κ3) is 4.43. The van der Waals surface area contributed by atoms with Crippen LogP contribution in [0.5, 0.6) is 0 Å². The van der Waals surface area contributed by atoms with Crippen LogP contribution >= 0.6 is 0 Å². The first-order valence-corrected chi connectivity index (χ1v) is 12.3. The van der Waals surface area contributed by atoms with Crippen LogP contribution in [0, 0.1) is 23.2 Å². The van der Waals surface area contributed by atoms with Gasteiger partial charge in [-0.3, -0.25) is 0 Å². The van der Waals surface area contributed by atoms with E-state index < -0.39 is 11.6 Å². The Morgan fingerprint density at radius 3 is 2.71 bits per heavy atom. The van der Waals surface area contributed by atoms with Gasteiger partial charge in [0.1, 0.15) is 6.10 Å². The topological polar surface area (TPSA) is 66.8 Å². The standard InChI is InChI=1S/C27H40O4/c1-17-7-10-21(28)15-20(17)9-8-19-6-5-13-26(3)23(11-12-24(19)26)18(2)14-22-16-27(4,30)25(29)31-22/h8-9,18,21-24,28,30H,1,5-7,10-16H2,2-4H3/b19-8+,20-9-/t18-,21+,22-,23-,24+,26-,27+/m1/s1. The fourth-order valence-electron chi connectivity index (χ4n) is 7.17. The fourth-order valence-corrected chi connectivity index (χ4v) is 7.17. The van der Waals surface area contributed by atoms with Gasteiger partial charge in [0.25, 0.3) is 0 Å². The molecule has 1 aliphatic heterocycles. The highest BCUT2D eigenvalue weighted by Gasteiger charge is 2.52. The molecule has 0 aromatic carbocycles. The number of hydrogen-bond donors (Lipinski definition) is 2. The molecule has 7 atom stereocenters. The lowest BCUT2D eigenvalue weighted by Crippen LogP contribution is -2.36. The molecule has 0 spiro atoms. The number of ether oxygens (including phenoxy) is 1. The van der Waals surface area contributed by atoms with E-state index in [1.165, 1.54) is 43.3 Å².